The lowest BCUT2D eigenvalue weighted by atomic mass is 9.93. The Hall–Kier alpha value is -3.32. The summed E-state index contributed by atoms with van der Waals surface area (Å²) in [5, 5.41) is 17.7. The van der Waals surface area contributed by atoms with E-state index in [1.165, 1.54) is 25.7 Å². The highest BCUT2D eigenvalue weighted by Gasteiger charge is 2.44. The standard InChI is InChI=1S/C30H34F2N6OS/c1-2-40-22-4-5-23(26(20-22)36-14-9-29(7-8-29)10-15-36)28(39)34-21-3-6-25-24(19-21)27(35-38(25)18-13-33)37-16-11-30(31,32)12-17-37/h3-6,19-20H,2,7-12,14-18H2,1H3,(H,34,39). The van der Waals surface area contributed by atoms with Gasteiger partial charge in [0.15, 0.2) is 5.82 Å². The van der Waals surface area contributed by atoms with Gasteiger partial charge in [-0.15, -0.1) is 11.8 Å². The maximum atomic E-state index is 13.8. The van der Waals surface area contributed by atoms with Crippen molar-refractivity contribution in [3.05, 3.63) is 42.0 Å². The molecule has 3 fully saturated rings. The van der Waals surface area contributed by atoms with Gasteiger partial charge in [0, 0.05) is 55.0 Å². The second kappa shape index (κ2) is 10.6. The maximum absolute atomic E-state index is 13.8. The molecule has 1 saturated carbocycles. The van der Waals surface area contributed by atoms with E-state index in [0.29, 0.717) is 22.5 Å². The van der Waals surface area contributed by atoms with Crippen LogP contribution in [0.1, 0.15) is 55.8 Å². The van der Waals surface area contributed by atoms with Gasteiger partial charge in [-0.05, 0) is 73.2 Å². The lowest BCUT2D eigenvalue weighted by molar-refractivity contribution is -0.0221. The Labute approximate surface area is 237 Å². The molecule has 0 atom stereocenters. The number of nitrogens with zero attached hydrogens (tertiary/aromatic N) is 5. The molecule has 10 heteroatoms. The third-order valence-electron chi connectivity index (χ3n) is 8.65. The molecular weight excluding hydrogens is 530 g/mol. The number of carbonyl (C=O) groups is 1. The highest BCUT2D eigenvalue weighted by molar-refractivity contribution is 7.99. The Balaban J connectivity index is 1.28. The zero-order valence-electron chi connectivity index (χ0n) is 22.8. The van der Waals surface area contributed by atoms with Crippen LogP contribution in [0.25, 0.3) is 10.9 Å². The van der Waals surface area contributed by atoms with Crippen LogP contribution in [-0.2, 0) is 6.54 Å². The van der Waals surface area contributed by atoms with Crippen molar-refractivity contribution in [1.82, 2.24) is 9.78 Å². The predicted molar refractivity (Wildman–Crippen MR) is 156 cm³/mol. The highest BCUT2D eigenvalue weighted by Crippen LogP contribution is 2.54. The summed E-state index contributed by atoms with van der Waals surface area (Å²) in [6.45, 7) is 4.47. The van der Waals surface area contributed by atoms with Gasteiger partial charge in [-0.2, -0.15) is 10.4 Å². The smallest absolute Gasteiger partial charge is 0.257 e. The minimum Gasteiger partial charge on any atom is -0.371 e. The molecule has 3 aliphatic rings. The Morgan fingerprint density at radius 1 is 1.02 bits per heavy atom. The second-order valence-electron chi connectivity index (χ2n) is 11.3. The van der Waals surface area contributed by atoms with Crippen LogP contribution < -0.4 is 15.1 Å². The van der Waals surface area contributed by atoms with Gasteiger partial charge in [0.2, 0.25) is 0 Å². The summed E-state index contributed by atoms with van der Waals surface area (Å²) >= 11 is 1.77. The molecule has 40 heavy (non-hydrogen) atoms. The van der Waals surface area contributed by atoms with Crippen LogP contribution in [0.2, 0.25) is 0 Å². The minimum absolute atomic E-state index is 0.0504. The number of fused-ring (bicyclic) bond motifs is 1. The lowest BCUT2D eigenvalue weighted by Crippen LogP contribution is -2.39. The first kappa shape index (κ1) is 26.9. The first-order valence-electron chi connectivity index (χ1n) is 14.1. The molecule has 7 nitrogen and oxygen atoms in total. The lowest BCUT2D eigenvalue weighted by Gasteiger charge is -2.35. The number of benzene rings is 2. The molecule has 1 spiro atoms. The number of hydrogen-bond acceptors (Lipinski definition) is 6. The molecule has 2 aliphatic heterocycles. The number of anilines is 3. The molecular formula is C30H34F2N6OS. The molecule has 3 heterocycles. The van der Waals surface area contributed by atoms with Gasteiger partial charge in [0.25, 0.3) is 11.8 Å². The monoisotopic (exact) mass is 564 g/mol. The van der Waals surface area contributed by atoms with Gasteiger partial charge in [0.1, 0.15) is 6.54 Å². The average Bonchev–Trinajstić information content (AvgIpc) is 3.61. The molecule has 1 aromatic heterocycles. The molecule has 210 valence electrons. The summed E-state index contributed by atoms with van der Waals surface area (Å²) in [7, 11) is 0. The van der Waals surface area contributed by atoms with Gasteiger partial charge in [-0.3, -0.25) is 4.79 Å². The number of piperidine rings is 2. The fraction of sp³-hybridized carbons (Fsp3) is 0.500. The molecule has 1 aliphatic carbocycles. The van der Waals surface area contributed by atoms with E-state index < -0.39 is 5.92 Å². The van der Waals surface area contributed by atoms with Crippen molar-refractivity contribution in [3.8, 4) is 6.07 Å². The SMILES string of the molecule is CCSc1ccc(C(=O)Nc2ccc3c(c2)c(N2CCC(F)(F)CC2)nn3CC#N)c(N2CCC3(CC2)CC3)c1. The van der Waals surface area contributed by atoms with Gasteiger partial charge < -0.3 is 15.1 Å². The van der Waals surface area contributed by atoms with Gasteiger partial charge in [0.05, 0.1) is 22.8 Å². The van der Waals surface area contributed by atoms with Crippen LogP contribution in [0.15, 0.2) is 41.3 Å². The largest absolute Gasteiger partial charge is 0.371 e. The van der Waals surface area contributed by atoms with Gasteiger partial charge in [-0.25, -0.2) is 13.5 Å². The molecule has 0 radical (unpaired) electrons. The Bertz CT molecular complexity index is 1460. The van der Waals surface area contributed by atoms with Gasteiger partial charge in [-0.1, -0.05) is 6.92 Å². The van der Waals surface area contributed by atoms with Crippen LogP contribution in [0.5, 0.6) is 0 Å². The number of amides is 1. The number of halogens is 2. The zero-order valence-corrected chi connectivity index (χ0v) is 23.6. The van der Waals surface area contributed by atoms with Crippen molar-refractivity contribution in [3.63, 3.8) is 0 Å². The quantitative estimate of drug-likeness (QED) is 0.329. The van der Waals surface area contributed by atoms with Crippen LogP contribution in [-0.4, -0.2) is 53.5 Å². The molecule has 0 unspecified atom stereocenters. The van der Waals surface area contributed by atoms with E-state index in [9.17, 15) is 18.8 Å². The topological polar surface area (TPSA) is 77.2 Å². The van der Waals surface area contributed by atoms with E-state index in [0.717, 1.165) is 40.3 Å². The molecule has 6 rings (SSSR count). The Kier molecular flexibility index (Phi) is 7.11. The van der Waals surface area contributed by atoms with E-state index in [4.69, 9.17) is 0 Å². The minimum atomic E-state index is -2.67. The summed E-state index contributed by atoms with van der Waals surface area (Å²) in [5.41, 5.74) is 3.50. The summed E-state index contributed by atoms with van der Waals surface area (Å²) in [6.07, 6.45) is 4.54. The van der Waals surface area contributed by atoms with E-state index in [-0.39, 0.29) is 38.4 Å². The van der Waals surface area contributed by atoms with Crippen molar-refractivity contribution in [2.45, 2.75) is 62.8 Å². The first-order valence-corrected chi connectivity index (χ1v) is 15.1. The molecule has 1 N–H and O–H groups in total. The van der Waals surface area contributed by atoms with Crippen molar-refractivity contribution < 1.29 is 13.6 Å². The fourth-order valence-corrected chi connectivity index (χ4v) is 6.72. The highest BCUT2D eigenvalue weighted by atomic mass is 32.2. The van der Waals surface area contributed by atoms with Crippen LogP contribution >= 0.6 is 11.8 Å². The normalized spacial score (nSPS) is 19.6. The number of thioether (sulfide) groups is 1. The predicted octanol–water partition coefficient (Wildman–Crippen LogP) is 6.54. The fourth-order valence-electron chi connectivity index (χ4n) is 6.03. The molecule has 0 bridgehead atoms. The number of carbonyl (C=O) groups excluding carboxylic acids is 1. The van der Waals surface area contributed by atoms with Crippen LogP contribution in [0, 0.1) is 16.7 Å². The first-order chi connectivity index (χ1) is 19.3. The van der Waals surface area contributed by atoms with Crippen LogP contribution in [0.3, 0.4) is 0 Å². The summed E-state index contributed by atoms with van der Waals surface area (Å²) < 4.78 is 29.3. The van der Waals surface area contributed by atoms with E-state index in [2.05, 4.69) is 34.4 Å². The third kappa shape index (κ3) is 5.36. The van der Waals surface area contributed by atoms with Crippen molar-refractivity contribution in [1.29, 1.82) is 5.26 Å². The second-order valence-corrected chi connectivity index (χ2v) is 12.6. The summed E-state index contributed by atoms with van der Waals surface area (Å²) in [5.74, 6) is -1.32. The van der Waals surface area contributed by atoms with E-state index in [1.807, 2.05) is 35.2 Å². The number of alkyl halides is 2. The zero-order chi connectivity index (χ0) is 27.9. The van der Waals surface area contributed by atoms with Crippen molar-refractivity contribution in [2.75, 3.05) is 47.0 Å². The Morgan fingerprint density at radius 3 is 2.42 bits per heavy atom. The van der Waals surface area contributed by atoms with Crippen molar-refractivity contribution >= 4 is 45.8 Å². The maximum Gasteiger partial charge on any atom is 0.257 e. The molecule has 1 amide bonds. The number of nitrogens with one attached hydrogen (secondary N) is 1. The number of hydrogen-bond donors (Lipinski definition) is 1. The number of aromatic nitrogens is 2. The molecule has 3 aromatic rings. The molecule has 2 saturated heterocycles. The van der Waals surface area contributed by atoms with E-state index in [1.54, 1.807) is 16.4 Å². The number of nitriles is 1. The number of rotatable bonds is 7. The molecule has 2 aromatic carbocycles. The van der Waals surface area contributed by atoms with Crippen LogP contribution in [0.4, 0.5) is 26.0 Å². The van der Waals surface area contributed by atoms with E-state index >= 15 is 0 Å². The average molecular weight is 565 g/mol. The summed E-state index contributed by atoms with van der Waals surface area (Å²) in [4.78, 5) is 19.1. The van der Waals surface area contributed by atoms with Crippen molar-refractivity contribution in [2.24, 2.45) is 5.41 Å². The Morgan fingerprint density at radius 2 is 1.75 bits per heavy atom. The third-order valence-corrected chi connectivity index (χ3v) is 9.53. The van der Waals surface area contributed by atoms with Gasteiger partial charge >= 0.3 is 0 Å². The summed E-state index contributed by atoms with van der Waals surface area (Å²) in [6, 6.07) is 13.7.